The molecule has 1 heterocycles. The van der Waals surface area contributed by atoms with Crippen LogP contribution in [0.5, 0.6) is 0 Å². The van der Waals surface area contributed by atoms with Crippen molar-refractivity contribution in [2.75, 3.05) is 0 Å². The number of benzene rings is 2. The molecule has 4 nitrogen and oxygen atoms in total. The van der Waals surface area contributed by atoms with Gasteiger partial charge in [0.25, 0.3) is 0 Å². The first kappa shape index (κ1) is 12.7. The number of para-hydroxylation sites is 1. The normalized spacial score (nSPS) is 10.7. The molecule has 0 radical (unpaired) electrons. The summed E-state index contributed by atoms with van der Waals surface area (Å²) < 4.78 is 5.26. The molecule has 0 atom stereocenters. The highest BCUT2D eigenvalue weighted by atomic mass is 35.5. The van der Waals surface area contributed by atoms with Crippen LogP contribution in [0.1, 0.15) is 16.1 Å². The lowest BCUT2D eigenvalue weighted by atomic mass is 10.2. The topological polar surface area (TPSA) is 55.0 Å². The Morgan fingerprint density at radius 3 is 2.70 bits per heavy atom. The maximum Gasteiger partial charge on any atom is 0.359 e. The van der Waals surface area contributed by atoms with Crippen LogP contribution in [0.3, 0.4) is 0 Å². The predicted molar refractivity (Wildman–Crippen MR) is 76.7 cm³/mol. The molecule has 5 heteroatoms. The number of rotatable bonds is 3. The van der Waals surface area contributed by atoms with Gasteiger partial charge in [-0.2, -0.15) is 5.10 Å². The minimum atomic E-state index is -0.447. The monoisotopic (exact) mass is 286 g/mol. The van der Waals surface area contributed by atoms with Gasteiger partial charge in [-0.1, -0.05) is 41.9 Å². The van der Waals surface area contributed by atoms with Crippen molar-refractivity contribution in [2.24, 2.45) is 0 Å². The Bertz CT molecular complexity index is 750. The number of carbonyl (C=O) groups is 1. The summed E-state index contributed by atoms with van der Waals surface area (Å²) in [6, 6.07) is 14.6. The van der Waals surface area contributed by atoms with E-state index in [-0.39, 0.29) is 6.61 Å². The van der Waals surface area contributed by atoms with Gasteiger partial charge >= 0.3 is 5.97 Å². The van der Waals surface area contributed by atoms with Crippen LogP contribution in [-0.4, -0.2) is 16.2 Å². The van der Waals surface area contributed by atoms with Crippen molar-refractivity contribution in [2.45, 2.75) is 6.61 Å². The molecule has 0 bridgehead atoms. The van der Waals surface area contributed by atoms with E-state index in [1.54, 1.807) is 12.1 Å². The van der Waals surface area contributed by atoms with Gasteiger partial charge in [0.15, 0.2) is 5.69 Å². The zero-order valence-electron chi connectivity index (χ0n) is 10.5. The van der Waals surface area contributed by atoms with Crippen molar-refractivity contribution in [1.82, 2.24) is 10.2 Å². The number of nitrogens with one attached hydrogen (secondary N) is 1. The molecular weight excluding hydrogens is 276 g/mol. The summed E-state index contributed by atoms with van der Waals surface area (Å²) in [6.07, 6.45) is 0. The van der Waals surface area contributed by atoms with Crippen molar-refractivity contribution in [3.63, 3.8) is 0 Å². The average molecular weight is 287 g/mol. The standard InChI is InChI=1S/C15H11ClN2O2/c16-11-7-5-10(6-8-11)9-20-15(19)14-12-3-1-2-4-13(12)17-18-14/h1-8H,9H2,(H,17,18). The van der Waals surface area contributed by atoms with Gasteiger partial charge in [-0.25, -0.2) is 4.79 Å². The van der Waals surface area contributed by atoms with E-state index in [0.29, 0.717) is 10.7 Å². The van der Waals surface area contributed by atoms with Gasteiger partial charge in [0.1, 0.15) is 6.61 Å². The fourth-order valence-electron chi connectivity index (χ4n) is 1.92. The molecule has 100 valence electrons. The van der Waals surface area contributed by atoms with Crippen LogP contribution in [0, 0.1) is 0 Å². The molecule has 0 saturated carbocycles. The molecule has 20 heavy (non-hydrogen) atoms. The average Bonchev–Trinajstić information content (AvgIpc) is 2.90. The summed E-state index contributed by atoms with van der Waals surface area (Å²) in [5.74, 6) is -0.447. The lowest BCUT2D eigenvalue weighted by molar-refractivity contribution is 0.0468. The Balaban J connectivity index is 1.75. The molecule has 0 aliphatic carbocycles. The first-order valence-electron chi connectivity index (χ1n) is 6.09. The summed E-state index contributed by atoms with van der Waals surface area (Å²) >= 11 is 5.80. The maximum atomic E-state index is 12.0. The van der Waals surface area contributed by atoms with E-state index in [1.165, 1.54) is 0 Å². The second-order valence-corrected chi connectivity index (χ2v) is 4.76. The van der Waals surface area contributed by atoms with Crippen LogP contribution >= 0.6 is 11.6 Å². The van der Waals surface area contributed by atoms with Crippen LogP contribution < -0.4 is 0 Å². The van der Waals surface area contributed by atoms with E-state index in [9.17, 15) is 4.79 Å². The van der Waals surface area contributed by atoms with E-state index in [0.717, 1.165) is 16.5 Å². The number of hydrogen-bond donors (Lipinski definition) is 1. The summed E-state index contributed by atoms with van der Waals surface area (Å²) in [6.45, 7) is 0.192. The van der Waals surface area contributed by atoms with E-state index >= 15 is 0 Å². The van der Waals surface area contributed by atoms with E-state index in [4.69, 9.17) is 16.3 Å². The maximum absolute atomic E-state index is 12.0. The molecule has 0 spiro atoms. The number of ether oxygens (including phenoxy) is 1. The van der Waals surface area contributed by atoms with Gasteiger partial charge in [0.2, 0.25) is 0 Å². The van der Waals surface area contributed by atoms with Crippen molar-refractivity contribution in [3.05, 3.63) is 64.8 Å². The Hall–Kier alpha value is -2.33. The number of fused-ring (bicyclic) bond motifs is 1. The number of aromatic amines is 1. The number of aromatic nitrogens is 2. The minimum absolute atomic E-state index is 0.192. The van der Waals surface area contributed by atoms with Gasteiger partial charge < -0.3 is 4.74 Å². The highest BCUT2D eigenvalue weighted by molar-refractivity contribution is 6.30. The van der Waals surface area contributed by atoms with Crippen molar-refractivity contribution in [3.8, 4) is 0 Å². The molecule has 0 aliphatic heterocycles. The third kappa shape index (κ3) is 2.51. The van der Waals surface area contributed by atoms with Gasteiger partial charge in [-0.3, -0.25) is 5.10 Å². The third-order valence-corrected chi connectivity index (χ3v) is 3.20. The number of H-pyrrole nitrogens is 1. The van der Waals surface area contributed by atoms with E-state index in [2.05, 4.69) is 10.2 Å². The first-order chi connectivity index (χ1) is 9.74. The Labute approximate surface area is 120 Å². The highest BCUT2D eigenvalue weighted by Crippen LogP contribution is 2.17. The Morgan fingerprint density at radius 1 is 1.15 bits per heavy atom. The highest BCUT2D eigenvalue weighted by Gasteiger charge is 2.15. The molecule has 0 amide bonds. The predicted octanol–water partition coefficient (Wildman–Crippen LogP) is 3.57. The lowest BCUT2D eigenvalue weighted by Crippen LogP contribution is -2.06. The Kier molecular flexibility index (Phi) is 3.39. The molecule has 1 N–H and O–H groups in total. The summed E-state index contributed by atoms with van der Waals surface area (Å²) in [5, 5.41) is 8.22. The van der Waals surface area contributed by atoms with Crippen molar-refractivity contribution < 1.29 is 9.53 Å². The number of nitrogens with zero attached hydrogens (tertiary/aromatic N) is 1. The summed E-state index contributed by atoms with van der Waals surface area (Å²) in [4.78, 5) is 12.0. The number of hydrogen-bond acceptors (Lipinski definition) is 3. The smallest absolute Gasteiger partial charge is 0.359 e. The third-order valence-electron chi connectivity index (χ3n) is 2.95. The fourth-order valence-corrected chi connectivity index (χ4v) is 2.04. The molecule has 3 rings (SSSR count). The summed E-state index contributed by atoms with van der Waals surface area (Å²) in [5.41, 5.74) is 1.99. The molecular formula is C15H11ClN2O2. The number of carbonyl (C=O) groups excluding carboxylic acids is 1. The molecule has 1 aromatic heterocycles. The summed E-state index contributed by atoms with van der Waals surface area (Å²) in [7, 11) is 0. The van der Waals surface area contributed by atoms with Crippen LogP contribution in [0.25, 0.3) is 10.9 Å². The SMILES string of the molecule is O=C(OCc1ccc(Cl)cc1)c1n[nH]c2ccccc12. The van der Waals surface area contributed by atoms with Gasteiger partial charge in [0, 0.05) is 10.4 Å². The van der Waals surface area contributed by atoms with Gasteiger partial charge in [0.05, 0.1) is 5.52 Å². The van der Waals surface area contributed by atoms with Crippen molar-refractivity contribution in [1.29, 1.82) is 0 Å². The van der Waals surface area contributed by atoms with Crippen LogP contribution in [-0.2, 0) is 11.3 Å². The second kappa shape index (κ2) is 5.35. The number of halogens is 1. The molecule has 3 aromatic rings. The van der Waals surface area contributed by atoms with E-state index < -0.39 is 5.97 Å². The zero-order chi connectivity index (χ0) is 13.9. The molecule has 0 aliphatic rings. The van der Waals surface area contributed by atoms with Crippen LogP contribution in [0.2, 0.25) is 5.02 Å². The fraction of sp³-hybridized carbons (Fsp3) is 0.0667. The van der Waals surface area contributed by atoms with Crippen LogP contribution in [0.4, 0.5) is 0 Å². The second-order valence-electron chi connectivity index (χ2n) is 4.32. The molecule has 0 saturated heterocycles. The van der Waals surface area contributed by atoms with Crippen LogP contribution in [0.15, 0.2) is 48.5 Å². The zero-order valence-corrected chi connectivity index (χ0v) is 11.2. The van der Waals surface area contributed by atoms with Gasteiger partial charge in [-0.15, -0.1) is 0 Å². The van der Waals surface area contributed by atoms with Crippen molar-refractivity contribution >= 4 is 28.5 Å². The largest absolute Gasteiger partial charge is 0.456 e. The molecule has 2 aromatic carbocycles. The quantitative estimate of drug-likeness (QED) is 0.749. The van der Waals surface area contributed by atoms with Gasteiger partial charge in [-0.05, 0) is 23.8 Å². The molecule has 0 fully saturated rings. The number of esters is 1. The van der Waals surface area contributed by atoms with E-state index in [1.807, 2.05) is 36.4 Å². The first-order valence-corrected chi connectivity index (χ1v) is 6.46. The Morgan fingerprint density at radius 2 is 1.90 bits per heavy atom. The molecule has 0 unspecified atom stereocenters. The minimum Gasteiger partial charge on any atom is -0.456 e. The lowest BCUT2D eigenvalue weighted by Gasteiger charge is -2.03.